The predicted octanol–water partition coefficient (Wildman–Crippen LogP) is 1.25. The van der Waals surface area contributed by atoms with Crippen molar-refractivity contribution in [3.63, 3.8) is 0 Å². The predicted molar refractivity (Wildman–Crippen MR) is 53.6 cm³/mol. The van der Waals surface area contributed by atoms with Crippen LogP contribution in [-0.4, -0.2) is 27.6 Å². The fraction of sp³-hybridized carbons (Fsp3) is 0.444. The molecule has 0 aromatic carbocycles. The first-order chi connectivity index (χ1) is 7.75. The molecule has 1 aromatic rings. The van der Waals surface area contributed by atoms with E-state index in [2.05, 4.69) is 20.3 Å². The second kappa shape index (κ2) is 3.39. The van der Waals surface area contributed by atoms with Crippen molar-refractivity contribution in [3.8, 4) is 0 Å². The van der Waals surface area contributed by atoms with E-state index in [1.807, 2.05) is 0 Å². The van der Waals surface area contributed by atoms with Crippen molar-refractivity contribution in [2.24, 2.45) is 4.99 Å². The molecular weight excluding hydrogens is 237 g/mol. The summed E-state index contributed by atoms with van der Waals surface area (Å²) in [7, 11) is 0. The van der Waals surface area contributed by atoms with Gasteiger partial charge in [-0.25, -0.2) is 15.0 Å². The molecule has 0 radical (unpaired) electrons. The van der Waals surface area contributed by atoms with E-state index in [1.54, 1.807) is 6.92 Å². The summed E-state index contributed by atoms with van der Waals surface area (Å²) in [5, 5.41) is 12.0. The fourth-order valence-corrected chi connectivity index (χ4v) is 1.40. The molecule has 0 spiro atoms. The van der Waals surface area contributed by atoms with E-state index < -0.39 is 17.6 Å². The standard InChI is InChI=1S/C9H9F3N4O/c1-4-5(2)16-7-6(15-4)8(17,9(10,11)12)14-3-13-7/h3,17H,1-2H3,(H,13,14,16). The lowest BCUT2D eigenvalue weighted by Crippen LogP contribution is -2.44. The summed E-state index contributed by atoms with van der Waals surface area (Å²) in [6.07, 6.45) is -4.18. The molecule has 2 rings (SSSR count). The minimum Gasteiger partial charge on any atom is -0.357 e. The molecule has 1 aliphatic rings. The van der Waals surface area contributed by atoms with Gasteiger partial charge in [-0.2, -0.15) is 13.2 Å². The van der Waals surface area contributed by atoms with Crippen LogP contribution in [0.3, 0.4) is 0 Å². The second-order valence-corrected chi connectivity index (χ2v) is 3.66. The van der Waals surface area contributed by atoms with Crippen LogP contribution in [0.4, 0.5) is 19.0 Å². The molecule has 92 valence electrons. The van der Waals surface area contributed by atoms with Gasteiger partial charge in [0.05, 0.1) is 17.7 Å². The summed E-state index contributed by atoms with van der Waals surface area (Å²) in [6.45, 7) is 3.13. The van der Waals surface area contributed by atoms with Gasteiger partial charge in [0, 0.05) is 0 Å². The Labute approximate surface area is 94.4 Å². The van der Waals surface area contributed by atoms with E-state index in [1.165, 1.54) is 6.92 Å². The molecule has 0 saturated heterocycles. The van der Waals surface area contributed by atoms with Crippen LogP contribution in [0.25, 0.3) is 0 Å². The lowest BCUT2D eigenvalue weighted by molar-refractivity contribution is -0.264. The van der Waals surface area contributed by atoms with E-state index in [0.717, 1.165) is 6.34 Å². The Hall–Kier alpha value is -1.70. The summed E-state index contributed by atoms with van der Waals surface area (Å²) >= 11 is 0. The number of aliphatic imine (C=N–C) groups is 1. The fourth-order valence-electron chi connectivity index (χ4n) is 1.40. The summed E-state index contributed by atoms with van der Waals surface area (Å²) in [5.41, 5.74) is -3.17. The molecule has 0 saturated carbocycles. The molecule has 0 fully saturated rings. The Kier molecular flexibility index (Phi) is 2.35. The smallest absolute Gasteiger partial charge is 0.357 e. The van der Waals surface area contributed by atoms with Crippen LogP contribution in [0.15, 0.2) is 4.99 Å². The number of nitrogens with one attached hydrogen (secondary N) is 1. The van der Waals surface area contributed by atoms with Crippen LogP contribution in [0.5, 0.6) is 0 Å². The third-order valence-corrected chi connectivity index (χ3v) is 2.49. The molecule has 8 heteroatoms. The van der Waals surface area contributed by atoms with E-state index in [9.17, 15) is 18.3 Å². The Bertz CT molecular complexity index is 500. The number of hydrogen-bond acceptors (Lipinski definition) is 5. The highest BCUT2D eigenvalue weighted by Gasteiger charge is 2.59. The quantitative estimate of drug-likeness (QED) is 0.722. The van der Waals surface area contributed by atoms with Crippen LogP contribution in [0.2, 0.25) is 0 Å². The number of nitrogens with zero attached hydrogens (tertiary/aromatic N) is 3. The van der Waals surface area contributed by atoms with E-state index >= 15 is 0 Å². The van der Waals surface area contributed by atoms with Gasteiger partial charge >= 0.3 is 11.9 Å². The van der Waals surface area contributed by atoms with E-state index in [-0.39, 0.29) is 5.82 Å². The van der Waals surface area contributed by atoms with Gasteiger partial charge in [0.15, 0.2) is 5.82 Å². The zero-order valence-electron chi connectivity index (χ0n) is 9.00. The summed E-state index contributed by atoms with van der Waals surface area (Å²) in [6, 6.07) is 0. The van der Waals surface area contributed by atoms with Crippen molar-refractivity contribution in [1.29, 1.82) is 0 Å². The largest absolute Gasteiger partial charge is 0.445 e. The Morgan fingerprint density at radius 3 is 2.41 bits per heavy atom. The Morgan fingerprint density at radius 2 is 1.82 bits per heavy atom. The third kappa shape index (κ3) is 1.64. The number of halogens is 3. The van der Waals surface area contributed by atoms with Gasteiger partial charge in [0.25, 0.3) is 0 Å². The summed E-state index contributed by atoms with van der Waals surface area (Å²) < 4.78 is 38.3. The van der Waals surface area contributed by atoms with Crippen LogP contribution in [0, 0.1) is 13.8 Å². The van der Waals surface area contributed by atoms with E-state index in [0.29, 0.717) is 11.4 Å². The molecular formula is C9H9F3N4O. The van der Waals surface area contributed by atoms with E-state index in [4.69, 9.17) is 0 Å². The third-order valence-electron chi connectivity index (χ3n) is 2.49. The van der Waals surface area contributed by atoms with Gasteiger partial charge in [-0.15, -0.1) is 0 Å². The van der Waals surface area contributed by atoms with Gasteiger partial charge in [0.2, 0.25) is 0 Å². The van der Waals surface area contributed by atoms with Crippen molar-refractivity contribution >= 4 is 12.2 Å². The molecule has 0 aliphatic carbocycles. The average molecular weight is 246 g/mol. The minimum atomic E-state index is -4.95. The molecule has 0 bridgehead atoms. The number of aryl methyl sites for hydroxylation is 2. The highest BCUT2D eigenvalue weighted by Crippen LogP contribution is 2.42. The van der Waals surface area contributed by atoms with Crippen LogP contribution in [-0.2, 0) is 5.72 Å². The summed E-state index contributed by atoms with van der Waals surface area (Å²) in [5.74, 6) is -0.136. The van der Waals surface area contributed by atoms with Gasteiger partial charge in [-0.1, -0.05) is 0 Å². The van der Waals surface area contributed by atoms with Gasteiger partial charge < -0.3 is 10.4 Å². The number of aliphatic hydroxyl groups is 1. The van der Waals surface area contributed by atoms with Crippen LogP contribution < -0.4 is 5.32 Å². The topological polar surface area (TPSA) is 70.4 Å². The SMILES string of the molecule is Cc1nc2c(nc1C)C(O)(C(F)(F)F)N=CN2. The number of alkyl halides is 3. The van der Waals surface area contributed by atoms with Crippen molar-refractivity contribution in [2.75, 3.05) is 5.32 Å². The monoisotopic (exact) mass is 246 g/mol. The maximum absolute atomic E-state index is 12.8. The van der Waals surface area contributed by atoms with Crippen molar-refractivity contribution in [2.45, 2.75) is 25.7 Å². The molecule has 1 atom stereocenters. The highest BCUT2D eigenvalue weighted by molar-refractivity contribution is 5.78. The lowest BCUT2D eigenvalue weighted by atomic mass is 10.1. The van der Waals surface area contributed by atoms with Crippen LogP contribution in [0.1, 0.15) is 17.1 Å². The Morgan fingerprint density at radius 1 is 1.24 bits per heavy atom. The first-order valence-electron chi connectivity index (χ1n) is 4.71. The van der Waals surface area contributed by atoms with Gasteiger partial charge in [-0.05, 0) is 13.8 Å². The maximum atomic E-state index is 12.8. The Balaban J connectivity index is 2.67. The maximum Gasteiger partial charge on any atom is 0.445 e. The number of anilines is 1. The van der Waals surface area contributed by atoms with Crippen molar-refractivity contribution in [1.82, 2.24) is 9.97 Å². The van der Waals surface area contributed by atoms with Crippen molar-refractivity contribution < 1.29 is 18.3 Å². The molecule has 1 aromatic heterocycles. The molecule has 17 heavy (non-hydrogen) atoms. The molecule has 0 amide bonds. The van der Waals surface area contributed by atoms with Crippen LogP contribution >= 0.6 is 0 Å². The molecule has 2 N–H and O–H groups in total. The number of fused-ring (bicyclic) bond motifs is 1. The molecule has 1 aliphatic heterocycles. The van der Waals surface area contributed by atoms with Crippen molar-refractivity contribution in [3.05, 3.63) is 17.1 Å². The molecule has 5 nitrogen and oxygen atoms in total. The normalized spacial score (nSPS) is 23.2. The average Bonchev–Trinajstić information content (AvgIpc) is 2.20. The number of hydrogen-bond donors (Lipinski definition) is 2. The van der Waals surface area contributed by atoms with Gasteiger partial charge in [-0.3, -0.25) is 0 Å². The molecule has 1 unspecified atom stereocenters. The molecule has 2 heterocycles. The second-order valence-electron chi connectivity index (χ2n) is 3.66. The zero-order valence-corrected chi connectivity index (χ0v) is 9.00. The zero-order chi connectivity index (χ0) is 12.8. The first-order valence-corrected chi connectivity index (χ1v) is 4.71. The van der Waals surface area contributed by atoms with Gasteiger partial charge in [0.1, 0.15) is 5.69 Å². The summed E-state index contributed by atoms with van der Waals surface area (Å²) in [4.78, 5) is 10.7. The number of aromatic nitrogens is 2. The minimum absolute atomic E-state index is 0.136. The highest BCUT2D eigenvalue weighted by atomic mass is 19.4. The first kappa shape index (κ1) is 11.8. The lowest BCUT2D eigenvalue weighted by Gasteiger charge is -2.29. The number of rotatable bonds is 0.